The number of nitrogens with two attached hydrogens (primary N) is 1. The fourth-order valence-electron chi connectivity index (χ4n) is 1.26. The van der Waals surface area contributed by atoms with Gasteiger partial charge in [0.15, 0.2) is 5.13 Å². The van der Waals surface area contributed by atoms with Crippen molar-refractivity contribution in [2.45, 2.75) is 19.9 Å². The van der Waals surface area contributed by atoms with Crippen LogP contribution >= 0.6 is 11.3 Å². The second-order valence-corrected chi connectivity index (χ2v) is 4.99. The van der Waals surface area contributed by atoms with Crippen molar-refractivity contribution in [1.29, 1.82) is 0 Å². The first-order valence-corrected chi connectivity index (χ1v) is 6.17. The Morgan fingerprint density at radius 1 is 1.59 bits per heavy atom. The average Bonchev–Trinajstić information content (AvgIpc) is 2.66. The molecular formula is C10H18N4O2S. The molecule has 1 unspecified atom stereocenters. The normalized spacial score (nSPS) is 12.5. The molecule has 1 aromatic heterocycles. The van der Waals surface area contributed by atoms with Crippen LogP contribution in [0.1, 0.15) is 23.5 Å². The third-order valence-corrected chi connectivity index (χ3v) is 3.48. The molecule has 6 nitrogen and oxygen atoms in total. The van der Waals surface area contributed by atoms with Gasteiger partial charge in [0.2, 0.25) is 0 Å². The minimum Gasteiger partial charge on any atom is -0.394 e. The summed E-state index contributed by atoms with van der Waals surface area (Å²) in [5.41, 5.74) is 5.65. The number of aliphatic hydroxyl groups is 1. The van der Waals surface area contributed by atoms with Crippen molar-refractivity contribution in [3.05, 3.63) is 4.88 Å². The van der Waals surface area contributed by atoms with Crippen molar-refractivity contribution in [3.63, 3.8) is 0 Å². The number of nitrogens with zero attached hydrogens (tertiary/aromatic N) is 1. The molecular weight excluding hydrogens is 240 g/mol. The Kier molecular flexibility index (Phi) is 4.71. The summed E-state index contributed by atoms with van der Waals surface area (Å²) in [5, 5.41) is 15.3. The predicted molar refractivity (Wildman–Crippen MR) is 69.3 cm³/mol. The van der Waals surface area contributed by atoms with Gasteiger partial charge in [0.25, 0.3) is 5.91 Å². The van der Waals surface area contributed by atoms with Gasteiger partial charge in [0.1, 0.15) is 10.7 Å². The summed E-state index contributed by atoms with van der Waals surface area (Å²) in [7, 11) is 1.71. The average molecular weight is 258 g/mol. The minimum absolute atomic E-state index is 0.0962. The number of carbonyl (C=O) groups is 1. The number of hydrogen-bond acceptors (Lipinski definition) is 6. The van der Waals surface area contributed by atoms with Crippen LogP contribution in [-0.4, -0.2) is 35.7 Å². The van der Waals surface area contributed by atoms with Crippen molar-refractivity contribution in [2.24, 2.45) is 5.92 Å². The van der Waals surface area contributed by atoms with Crippen LogP contribution in [0.5, 0.6) is 0 Å². The summed E-state index contributed by atoms with van der Waals surface area (Å²) in [5.74, 6) is 0.0633. The van der Waals surface area contributed by atoms with Crippen LogP contribution in [0.2, 0.25) is 0 Å². The van der Waals surface area contributed by atoms with Gasteiger partial charge in [-0.2, -0.15) is 0 Å². The van der Waals surface area contributed by atoms with Crippen LogP contribution < -0.4 is 16.4 Å². The van der Waals surface area contributed by atoms with Crippen LogP contribution in [-0.2, 0) is 0 Å². The fourth-order valence-corrected chi connectivity index (χ4v) is 2.00. The summed E-state index contributed by atoms with van der Waals surface area (Å²) in [6.45, 7) is 3.76. The van der Waals surface area contributed by atoms with E-state index in [2.05, 4.69) is 15.6 Å². The number of thiazole rings is 1. The van der Waals surface area contributed by atoms with Gasteiger partial charge in [0, 0.05) is 7.05 Å². The molecule has 0 bridgehead atoms. The van der Waals surface area contributed by atoms with Crippen molar-refractivity contribution in [2.75, 3.05) is 24.7 Å². The molecule has 0 aliphatic carbocycles. The highest BCUT2D eigenvalue weighted by Crippen LogP contribution is 2.24. The Morgan fingerprint density at radius 3 is 2.65 bits per heavy atom. The zero-order valence-corrected chi connectivity index (χ0v) is 11.0. The Morgan fingerprint density at radius 2 is 2.24 bits per heavy atom. The molecule has 17 heavy (non-hydrogen) atoms. The lowest BCUT2D eigenvalue weighted by Gasteiger charge is -2.19. The Balaban J connectivity index is 2.78. The van der Waals surface area contributed by atoms with Crippen LogP contribution in [0.25, 0.3) is 0 Å². The number of rotatable bonds is 5. The maximum Gasteiger partial charge on any atom is 0.265 e. The van der Waals surface area contributed by atoms with E-state index < -0.39 is 0 Å². The molecule has 5 N–H and O–H groups in total. The third kappa shape index (κ3) is 3.31. The first kappa shape index (κ1) is 13.7. The predicted octanol–water partition coefficient (Wildman–Crippen LogP) is 0.514. The SMILES string of the molecule is CNc1nc(N)c(C(=O)NC(CO)C(C)C)s1. The van der Waals surface area contributed by atoms with Gasteiger partial charge in [-0.3, -0.25) is 4.79 Å². The molecule has 0 saturated carbocycles. The molecule has 0 aliphatic heterocycles. The van der Waals surface area contributed by atoms with E-state index >= 15 is 0 Å². The molecule has 7 heteroatoms. The monoisotopic (exact) mass is 258 g/mol. The second-order valence-electron chi connectivity index (χ2n) is 3.99. The van der Waals surface area contributed by atoms with Gasteiger partial charge >= 0.3 is 0 Å². The van der Waals surface area contributed by atoms with Crippen LogP contribution in [0.4, 0.5) is 10.9 Å². The standard InChI is InChI=1S/C10H18N4O2S/c1-5(2)6(4-15)13-9(16)7-8(11)14-10(12-3)17-7/h5-6,15H,4,11H2,1-3H3,(H,12,14)(H,13,16). The Bertz CT molecular complexity index is 392. The van der Waals surface area contributed by atoms with Crippen molar-refractivity contribution < 1.29 is 9.90 Å². The molecule has 1 amide bonds. The van der Waals surface area contributed by atoms with Gasteiger partial charge in [0.05, 0.1) is 12.6 Å². The Labute approximate surface area is 104 Å². The van der Waals surface area contributed by atoms with Gasteiger partial charge in [-0.1, -0.05) is 25.2 Å². The zero-order valence-electron chi connectivity index (χ0n) is 10.2. The largest absolute Gasteiger partial charge is 0.394 e. The zero-order chi connectivity index (χ0) is 13.0. The van der Waals surface area contributed by atoms with Crippen LogP contribution in [0.3, 0.4) is 0 Å². The van der Waals surface area contributed by atoms with Gasteiger partial charge < -0.3 is 21.5 Å². The van der Waals surface area contributed by atoms with Crippen molar-refractivity contribution in [1.82, 2.24) is 10.3 Å². The summed E-state index contributed by atoms with van der Waals surface area (Å²) in [6, 6.07) is -0.276. The first-order valence-electron chi connectivity index (χ1n) is 5.35. The molecule has 1 aromatic rings. The van der Waals surface area contributed by atoms with E-state index in [0.29, 0.717) is 10.0 Å². The maximum absolute atomic E-state index is 11.9. The molecule has 0 aliphatic rings. The fraction of sp³-hybridized carbons (Fsp3) is 0.600. The summed E-state index contributed by atoms with van der Waals surface area (Å²) >= 11 is 1.19. The van der Waals surface area contributed by atoms with Gasteiger partial charge in [-0.05, 0) is 5.92 Å². The minimum atomic E-state index is -0.297. The van der Waals surface area contributed by atoms with Crippen molar-refractivity contribution >= 4 is 28.2 Å². The lowest BCUT2D eigenvalue weighted by atomic mass is 10.1. The number of aromatic nitrogens is 1. The lowest BCUT2D eigenvalue weighted by molar-refractivity contribution is 0.0901. The van der Waals surface area contributed by atoms with E-state index in [4.69, 9.17) is 10.8 Å². The first-order chi connectivity index (χ1) is 7.99. The van der Waals surface area contributed by atoms with E-state index in [1.165, 1.54) is 11.3 Å². The molecule has 0 spiro atoms. The second kappa shape index (κ2) is 5.83. The van der Waals surface area contributed by atoms with E-state index in [0.717, 1.165) is 0 Å². The van der Waals surface area contributed by atoms with E-state index in [1.807, 2.05) is 13.8 Å². The molecule has 0 radical (unpaired) electrons. The molecule has 0 aromatic carbocycles. The van der Waals surface area contributed by atoms with E-state index in [9.17, 15) is 4.79 Å². The summed E-state index contributed by atoms with van der Waals surface area (Å²) < 4.78 is 0. The highest BCUT2D eigenvalue weighted by molar-refractivity contribution is 7.18. The maximum atomic E-state index is 11.9. The van der Waals surface area contributed by atoms with E-state index in [1.54, 1.807) is 7.05 Å². The molecule has 1 rings (SSSR count). The quantitative estimate of drug-likeness (QED) is 0.616. The number of nitrogen functional groups attached to an aromatic ring is 1. The van der Waals surface area contributed by atoms with Crippen molar-refractivity contribution in [3.8, 4) is 0 Å². The topological polar surface area (TPSA) is 100 Å². The molecule has 1 heterocycles. The van der Waals surface area contributed by atoms with Crippen LogP contribution in [0, 0.1) is 5.92 Å². The number of anilines is 2. The lowest BCUT2D eigenvalue weighted by Crippen LogP contribution is -2.41. The number of carbonyl (C=O) groups excluding carboxylic acids is 1. The molecule has 0 fully saturated rings. The summed E-state index contributed by atoms with van der Waals surface area (Å²) in [4.78, 5) is 16.3. The smallest absolute Gasteiger partial charge is 0.265 e. The highest BCUT2D eigenvalue weighted by atomic mass is 32.1. The summed E-state index contributed by atoms with van der Waals surface area (Å²) in [6.07, 6.45) is 0. The third-order valence-electron chi connectivity index (χ3n) is 2.39. The molecule has 96 valence electrons. The number of amides is 1. The molecule has 1 atom stereocenters. The van der Waals surface area contributed by atoms with Gasteiger partial charge in [-0.25, -0.2) is 4.98 Å². The Hall–Kier alpha value is -1.34. The van der Waals surface area contributed by atoms with Crippen LogP contribution in [0.15, 0.2) is 0 Å². The molecule has 0 saturated heterocycles. The van der Waals surface area contributed by atoms with E-state index in [-0.39, 0.29) is 30.3 Å². The number of aliphatic hydroxyl groups excluding tert-OH is 1. The highest BCUT2D eigenvalue weighted by Gasteiger charge is 2.20. The number of hydrogen-bond donors (Lipinski definition) is 4. The number of nitrogens with one attached hydrogen (secondary N) is 2. The van der Waals surface area contributed by atoms with Gasteiger partial charge in [-0.15, -0.1) is 0 Å².